The summed E-state index contributed by atoms with van der Waals surface area (Å²) in [7, 11) is 1.76. The lowest BCUT2D eigenvalue weighted by atomic mass is 10.1. The number of benzene rings is 1. The van der Waals surface area contributed by atoms with Gasteiger partial charge in [-0.2, -0.15) is 13.2 Å². The molecule has 0 radical (unpaired) electrons. The number of hydrogen-bond acceptors (Lipinski definition) is 7. The number of ether oxygens (including phenoxy) is 2. The number of para-hydroxylation sites is 1. The Bertz CT molecular complexity index is 1360. The van der Waals surface area contributed by atoms with Crippen molar-refractivity contribution in [2.75, 3.05) is 39.4 Å². The molecule has 1 unspecified atom stereocenters. The summed E-state index contributed by atoms with van der Waals surface area (Å²) in [6.45, 7) is 8.47. The Morgan fingerprint density at radius 3 is 2.51 bits per heavy atom. The zero-order chi connectivity index (χ0) is 28.7. The van der Waals surface area contributed by atoms with Crippen molar-refractivity contribution in [2.24, 2.45) is 7.05 Å². The van der Waals surface area contributed by atoms with E-state index in [-0.39, 0.29) is 17.6 Å². The molecule has 39 heavy (non-hydrogen) atoms. The normalized spacial score (nSPS) is 15.4. The van der Waals surface area contributed by atoms with Gasteiger partial charge in [-0.25, -0.2) is 4.79 Å². The van der Waals surface area contributed by atoms with E-state index >= 15 is 0 Å². The minimum absolute atomic E-state index is 0.00663. The lowest BCUT2D eigenvalue weighted by molar-refractivity contribution is -0.192. The van der Waals surface area contributed by atoms with Gasteiger partial charge in [-0.1, -0.05) is 32.0 Å². The molecule has 0 spiro atoms. The molecule has 2 aromatic heterocycles. The molecule has 0 saturated carbocycles. The van der Waals surface area contributed by atoms with Gasteiger partial charge in [0.25, 0.3) is 11.5 Å². The summed E-state index contributed by atoms with van der Waals surface area (Å²) in [6.07, 6.45) is -3.16. The van der Waals surface area contributed by atoms with E-state index in [1.807, 2.05) is 24.3 Å². The van der Waals surface area contributed by atoms with E-state index in [9.17, 15) is 22.8 Å². The summed E-state index contributed by atoms with van der Waals surface area (Å²) in [6, 6.07) is 7.77. The molecule has 3 aromatic rings. The molecule has 1 atom stereocenters. The number of thiophene rings is 1. The van der Waals surface area contributed by atoms with E-state index in [0.29, 0.717) is 29.2 Å². The van der Waals surface area contributed by atoms with Crippen LogP contribution in [0.2, 0.25) is 0 Å². The highest BCUT2D eigenvalue weighted by atomic mass is 32.1. The lowest BCUT2D eigenvalue weighted by Gasteiger charge is -2.18. The van der Waals surface area contributed by atoms with Crippen LogP contribution in [0.15, 0.2) is 29.1 Å². The van der Waals surface area contributed by atoms with Gasteiger partial charge in [0.1, 0.15) is 16.9 Å². The van der Waals surface area contributed by atoms with Gasteiger partial charge in [0.05, 0.1) is 16.3 Å². The van der Waals surface area contributed by atoms with Gasteiger partial charge >= 0.3 is 12.1 Å². The fourth-order valence-corrected chi connectivity index (χ4v) is 5.41. The number of carbonyl (C=O) groups is 2. The number of carboxylic acids is 1. The van der Waals surface area contributed by atoms with Crippen LogP contribution in [0.5, 0.6) is 5.75 Å². The average molecular weight is 572 g/mol. The number of likely N-dealkylation sites (N-methyl/N-ethyl adjacent to an activating group) is 1. The number of halogens is 3. The number of hydrogen-bond donors (Lipinski definition) is 2. The van der Waals surface area contributed by atoms with Crippen molar-refractivity contribution < 1.29 is 37.3 Å². The number of carboxylic acid groups (broad SMARTS) is 1. The number of pyridine rings is 1. The second-order valence-corrected chi connectivity index (χ2v) is 9.90. The minimum Gasteiger partial charge on any atom is -0.488 e. The minimum atomic E-state index is -5.08. The highest BCUT2D eigenvalue weighted by molar-refractivity contribution is 7.22. The first kappa shape index (κ1) is 30.4. The fourth-order valence-electron chi connectivity index (χ4n) is 4.22. The van der Waals surface area contributed by atoms with Crippen molar-refractivity contribution in [2.45, 2.75) is 39.0 Å². The van der Waals surface area contributed by atoms with Crippen molar-refractivity contribution in [1.82, 2.24) is 14.8 Å². The van der Waals surface area contributed by atoms with Gasteiger partial charge < -0.3 is 29.4 Å². The Labute approximate surface area is 227 Å². The summed E-state index contributed by atoms with van der Waals surface area (Å²) < 4.78 is 46.0. The van der Waals surface area contributed by atoms with Crippen molar-refractivity contribution in [3.8, 4) is 5.75 Å². The number of aromatic nitrogens is 1. The van der Waals surface area contributed by atoms with Crippen molar-refractivity contribution in [3.05, 3.63) is 39.5 Å². The largest absolute Gasteiger partial charge is 0.490 e. The van der Waals surface area contributed by atoms with Crippen LogP contribution in [0, 0.1) is 0 Å². The molecule has 0 bridgehead atoms. The number of nitrogens with zero attached hydrogens (tertiary/aromatic N) is 2. The third-order valence-corrected chi connectivity index (χ3v) is 7.59. The summed E-state index contributed by atoms with van der Waals surface area (Å²) in [4.78, 5) is 38.1. The maximum absolute atomic E-state index is 13.3. The molecule has 3 heterocycles. The van der Waals surface area contributed by atoms with Crippen LogP contribution in [0.1, 0.15) is 36.4 Å². The third-order valence-electron chi connectivity index (χ3n) is 6.39. The number of carbonyl (C=O) groups excluding carboxylic acids is 1. The Kier molecular flexibility index (Phi) is 10.3. The molecule has 214 valence electrons. The fraction of sp³-hybridized carbons (Fsp3) is 0.500. The highest BCUT2D eigenvalue weighted by Crippen LogP contribution is 2.39. The smallest absolute Gasteiger partial charge is 0.488 e. The van der Waals surface area contributed by atoms with Crippen molar-refractivity contribution >= 4 is 44.2 Å². The average Bonchev–Trinajstić information content (AvgIpc) is 3.56. The summed E-state index contributed by atoms with van der Waals surface area (Å²) >= 11 is 1.33. The first-order valence-electron chi connectivity index (χ1n) is 12.6. The highest BCUT2D eigenvalue weighted by Gasteiger charge is 2.38. The number of rotatable bonds is 9. The topological polar surface area (TPSA) is 110 Å². The molecule has 1 saturated heterocycles. The van der Waals surface area contributed by atoms with E-state index < -0.39 is 12.1 Å². The first-order valence-corrected chi connectivity index (χ1v) is 13.4. The zero-order valence-corrected chi connectivity index (χ0v) is 22.8. The van der Waals surface area contributed by atoms with E-state index in [0.717, 1.165) is 54.7 Å². The maximum Gasteiger partial charge on any atom is 0.490 e. The molecule has 1 aliphatic rings. The Morgan fingerprint density at radius 2 is 1.92 bits per heavy atom. The van der Waals surface area contributed by atoms with Crippen LogP contribution in [0.4, 0.5) is 13.2 Å². The summed E-state index contributed by atoms with van der Waals surface area (Å²) in [5, 5.41) is 11.6. The SMILES string of the molecule is CCN(CC)CCNC(=O)c1sc2c(c1OCC1CCCO1)c(=O)n(C)c1ccccc21.O=C(O)C(F)(F)F. The molecule has 0 aliphatic carbocycles. The lowest BCUT2D eigenvalue weighted by Crippen LogP contribution is -2.34. The molecule has 9 nitrogen and oxygen atoms in total. The predicted octanol–water partition coefficient (Wildman–Crippen LogP) is 4.02. The molecule has 2 N–H and O–H groups in total. The number of fused-ring (bicyclic) bond motifs is 3. The number of alkyl halides is 3. The molecular formula is C26H32F3N3O6S. The molecule has 4 rings (SSSR count). The number of aliphatic carboxylic acids is 1. The second kappa shape index (κ2) is 13.3. The predicted molar refractivity (Wildman–Crippen MR) is 143 cm³/mol. The zero-order valence-electron chi connectivity index (χ0n) is 22.0. The summed E-state index contributed by atoms with van der Waals surface area (Å²) in [5.74, 6) is -2.58. The van der Waals surface area contributed by atoms with Gasteiger partial charge in [0.2, 0.25) is 0 Å². The quantitative estimate of drug-likeness (QED) is 0.399. The number of aryl methyl sites for hydroxylation is 1. The second-order valence-electron chi connectivity index (χ2n) is 8.88. The summed E-state index contributed by atoms with van der Waals surface area (Å²) in [5.41, 5.74) is 0.685. The van der Waals surface area contributed by atoms with Gasteiger partial charge in [0.15, 0.2) is 5.75 Å². The molecule has 1 aromatic carbocycles. The van der Waals surface area contributed by atoms with Crippen LogP contribution in [-0.2, 0) is 16.6 Å². The number of nitrogens with one attached hydrogen (secondary N) is 1. The maximum atomic E-state index is 13.3. The van der Waals surface area contributed by atoms with Crippen molar-refractivity contribution in [3.63, 3.8) is 0 Å². The van der Waals surface area contributed by atoms with Gasteiger partial charge in [-0.05, 0) is 32.0 Å². The number of amides is 1. The van der Waals surface area contributed by atoms with Crippen LogP contribution < -0.4 is 15.6 Å². The van der Waals surface area contributed by atoms with E-state index in [1.54, 1.807) is 11.6 Å². The Balaban J connectivity index is 0.000000532. The standard InChI is InChI=1S/C24H31N3O4S.C2HF3O2/c1-4-27(5-2)13-12-25-23(28)22-20(31-15-16-9-8-14-30-16)19-21(32-22)17-10-6-7-11-18(17)26(3)24(19)29;3-2(4,5)1(6)7/h6-7,10-11,16H,4-5,8-9,12-15H2,1-3H3,(H,25,28);(H,6,7). The molecule has 1 amide bonds. The van der Waals surface area contributed by atoms with E-state index in [4.69, 9.17) is 19.4 Å². The molecule has 1 aliphatic heterocycles. The molecule has 1 fully saturated rings. The van der Waals surface area contributed by atoms with Crippen LogP contribution in [-0.4, -0.2) is 78.1 Å². The van der Waals surface area contributed by atoms with E-state index in [2.05, 4.69) is 24.1 Å². The Hall–Kier alpha value is -3.16. The molecule has 13 heteroatoms. The van der Waals surface area contributed by atoms with Crippen LogP contribution >= 0.6 is 11.3 Å². The monoisotopic (exact) mass is 571 g/mol. The van der Waals surface area contributed by atoms with Crippen LogP contribution in [0.3, 0.4) is 0 Å². The molecular weight excluding hydrogens is 539 g/mol. The Morgan fingerprint density at radius 1 is 1.26 bits per heavy atom. The third kappa shape index (κ3) is 7.28. The van der Waals surface area contributed by atoms with Gasteiger partial charge in [-0.3, -0.25) is 9.59 Å². The van der Waals surface area contributed by atoms with Crippen molar-refractivity contribution in [1.29, 1.82) is 0 Å². The van der Waals surface area contributed by atoms with Crippen LogP contribution in [0.25, 0.3) is 21.0 Å². The van der Waals surface area contributed by atoms with Gasteiger partial charge in [-0.15, -0.1) is 11.3 Å². The van der Waals surface area contributed by atoms with E-state index in [1.165, 1.54) is 11.3 Å². The first-order chi connectivity index (χ1) is 18.5. The van der Waals surface area contributed by atoms with Gasteiger partial charge in [0, 0.05) is 32.1 Å².